The first-order valence-corrected chi connectivity index (χ1v) is 11.3. The summed E-state index contributed by atoms with van der Waals surface area (Å²) in [4.78, 5) is 20.0. The van der Waals surface area contributed by atoms with Crippen molar-refractivity contribution in [3.63, 3.8) is 0 Å². The van der Waals surface area contributed by atoms with Gasteiger partial charge in [0.15, 0.2) is 0 Å². The van der Waals surface area contributed by atoms with Crippen LogP contribution < -0.4 is 5.32 Å². The highest BCUT2D eigenvalue weighted by atomic mass is 16.2. The first kappa shape index (κ1) is 22.5. The smallest absolute Gasteiger partial charge is 0.225 e. The lowest BCUT2D eigenvalue weighted by Gasteiger charge is -2.38. The Morgan fingerprint density at radius 1 is 1.17 bits per heavy atom. The summed E-state index contributed by atoms with van der Waals surface area (Å²) < 4.78 is 0. The Hall–Kier alpha value is -2.20. The Balaban J connectivity index is 1.66. The first-order valence-electron chi connectivity index (χ1n) is 11.3. The van der Waals surface area contributed by atoms with Crippen molar-refractivity contribution in [1.82, 2.24) is 15.2 Å². The van der Waals surface area contributed by atoms with Gasteiger partial charge in [-0.3, -0.25) is 9.78 Å². The highest BCUT2D eigenvalue weighted by Gasteiger charge is 2.33. The predicted molar refractivity (Wildman–Crippen MR) is 123 cm³/mol. The molecule has 1 amide bonds. The molecule has 0 aliphatic carbocycles. The average Bonchev–Trinajstić information content (AvgIpc) is 2.76. The fourth-order valence-corrected chi connectivity index (χ4v) is 4.24. The Labute approximate surface area is 182 Å². The van der Waals surface area contributed by atoms with E-state index in [1.54, 1.807) is 0 Å². The second-order valence-electron chi connectivity index (χ2n) is 9.76. The third-order valence-electron chi connectivity index (χ3n) is 6.23. The summed E-state index contributed by atoms with van der Waals surface area (Å²) in [6.45, 7) is 11.5. The molecule has 0 unspecified atom stereocenters. The lowest BCUT2D eigenvalue weighted by atomic mass is 9.86. The molecule has 1 saturated heterocycles. The number of rotatable bonds is 7. The van der Waals surface area contributed by atoms with Crippen LogP contribution in [0.5, 0.6) is 0 Å². The minimum absolute atomic E-state index is 0.0349. The summed E-state index contributed by atoms with van der Waals surface area (Å²) >= 11 is 0. The fraction of sp³-hybridized carbons (Fsp3) is 0.538. The van der Waals surface area contributed by atoms with Crippen LogP contribution in [0.15, 0.2) is 54.7 Å². The Morgan fingerprint density at radius 2 is 1.90 bits per heavy atom. The average molecular weight is 408 g/mol. The van der Waals surface area contributed by atoms with E-state index in [2.05, 4.69) is 52.5 Å². The monoisotopic (exact) mass is 407 g/mol. The van der Waals surface area contributed by atoms with Gasteiger partial charge in [0.2, 0.25) is 5.91 Å². The molecule has 1 aliphatic heterocycles. The molecule has 0 bridgehead atoms. The van der Waals surface area contributed by atoms with Gasteiger partial charge in [-0.25, -0.2) is 0 Å². The highest BCUT2D eigenvalue weighted by Crippen LogP contribution is 2.31. The minimum Gasteiger partial charge on any atom is -0.347 e. The normalized spacial score (nSPS) is 19.8. The number of amides is 1. The molecule has 1 N–H and O–H groups in total. The zero-order valence-corrected chi connectivity index (χ0v) is 19.0. The number of likely N-dealkylation sites (tertiary alicyclic amines) is 1. The molecule has 4 heteroatoms. The number of benzene rings is 1. The van der Waals surface area contributed by atoms with Crippen LogP contribution in [0, 0.1) is 11.3 Å². The van der Waals surface area contributed by atoms with E-state index in [0.717, 1.165) is 38.2 Å². The fourth-order valence-electron chi connectivity index (χ4n) is 4.24. The molecule has 3 atom stereocenters. The second kappa shape index (κ2) is 10.2. The lowest BCUT2D eigenvalue weighted by Crippen LogP contribution is -2.46. The molecule has 2 aromatic rings. The number of aromatic nitrogens is 1. The summed E-state index contributed by atoms with van der Waals surface area (Å²) in [6, 6.07) is 16.7. The van der Waals surface area contributed by atoms with Crippen molar-refractivity contribution in [2.24, 2.45) is 11.3 Å². The minimum atomic E-state index is -0.410. The van der Waals surface area contributed by atoms with E-state index < -0.39 is 5.41 Å². The standard InChI is InChI=1S/C26H37N3O/c1-20(21-11-6-5-7-12-21)15-18-29-17-10-13-22(19-29)24(23-14-8-9-16-27-23)28-25(30)26(2,3)4/h5-9,11-12,14,16,20,22,24H,10,13,15,17-19H2,1-4H3,(H,28,30)/t20-,22-,24+/m1/s1. The number of piperidine rings is 1. The van der Waals surface area contributed by atoms with E-state index in [-0.39, 0.29) is 11.9 Å². The number of nitrogens with zero attached hydrogens (tertiary/aromatic N) is 2. The van der Waals surface area contributed by atoms with Crippen molar-refractivity contribution >= 4 is 5.91 Å². The maximum absolute atomic E-state index is 12.8. The molecule has 0 saturated carbocycles. The van der Waals surface area contributed by atoms with Crippen LogP contribution in [0.3, 0.4) is 0 Å². The Kier molecular flexibility index (Phi) is 7.65. The van der Waals surface area contributed by atoms with Crippen LogP contribution in [0.4, 0.5) is 0 Å². The lowest BCUT2D eigenvalue weighted by molar-refractivity contribution is -0.130. The molecule has 1 aliphatic rings. The van der Waals surface area contributed by atoms with Gasteiger partial charge >= 0.3 is 0 Å². The van der Waals surface area contributed by atoms with Gasteiger partial charge in [-0.15, -0.1) is 0 Å². The molecular formula is C26H37N3O. The van der Waals surface area contributed by atoms with E-state index in [9.17, 15) is 4.79 Å². The van der Waals surface area contributed by atoms with E-state index in [4.69, 9.17) is 0 Å². The molecule has 0 spiro atoms. The zero-order valence-electron chi connectivity index (χ0n) is 19.0. The first-order chi connectivity index (χ1) is 14.3. The van der Waals surface area contributed by atoms with Crippen molar-refractivity contribution in [2.75, 3.05) is 19.6 Å². The molecule has 1 aromatic heterocycles. The molecule has 2 heterocycles. The van der Waals surface area contributed by atoms with E-state index in [1.165, 1.54) is 12.0 Å². The number of carbonyl (C=O) groups excluding carboxylic acids is 1. The van der Waals surface area contributed by atoms with E-state index in [1.807, 2.05) is 45.2 Å². The Bertz CT molecular complexity index is 785. The van der Waals surface area contributed by atoms with Crippen LogP contribution in [0.1, 0.15) is 70.2 Å². The molecule has 4 nitrogen and oxygen atoms in total. The SMILES string of the molecule is C[C@H](CCN1CCC[C@@H]([C@H](NC(=O)C(C)(C)C)c2ccccn2)C1)c1ccccc1. The van der Waals surface area contributed by atoms with Crippen LogP contribution in [-0.2, 0) is 4.79 Å². The van der Waals surface area contributed by atoms with Gasteiger partial charge in [0.1, 0.15) is 0 Å². The maximum atomic E-state index is 12.8. The van der Waals surface area contributed by atoms with E-state index >= 15 is 0 Å². The molecule has 1 fully saturated rings. The van der Waals surface area contributed by atoms with Gasteiger partial charge in [0.25, 0.3) is 0 Å². The summed E-state index contributed by atoms with van der Waals surface area (Å²) in [5, 5.41) is 3.33. The van der Waals surface area contributed by atoms with Crippen molar-refractivity contribution in [2.45, 2.75) is 58.9 Å². The van der Waals surface area contributed by atoms with Crippen LogP contribution in [0.2, 0.25) is 0 Å². The van der Waals surface area contributed by atoms with Gasteiger partial charge in [0.05, 0.1) is 11.7 Å². The number of nitrogens with one attached hydrogen (secondary N) is 1. The maximum Gasteiger partial charge on any atom is 0.225 e. The largest absolute Gasteiger partial charge is 0.347 e. The van der Waals surface area contributed by atoms with Gasteiger partial charge in [-0.05, 0) is 61.9 Å². The molecule has 3 rings (SSSR count). The van der Waals surface area contributed by atoms with Gasteiger partial charge in [-0.2, -0.15) is 0 Å². The summed E-state index contributed by atoms with van der Waals surface area (Å²) in [7, 11) is 0. The molecule has 1 aromatic carbocycles. The van der Waals surface area contributed by atoms with Crippen molar-refractivity contribution in [3.05, 3.63) is 66.0 Å². The zero-order chi connectivity index (χ0) is 21.6. The van der Waals surface area contributed by atoms with Crippen molar-refractivity contribution in [3.8, 4) is 0 Å². The van der Waals surface area contributed by atoms with E-state index in [0.29, 0.717) is 11.8 Å². The molecule has 30 heavy (non-hydrogen) atoms. The van der Waals surface area contributed by atoms with Crippen LogP contribution in [-0.4, -0.2) is 35.4 Å². The molecular weight excluding hydrogens is 370 g/mol. The summed E-state index contributed by atoms with van der Waals surface area (Å²) in [5.41, 5.74) is 1.97. The third-order valence-corrected chi connectivity index (χ3v) is 6.23. The number of pyridine rings is 1. The number of hydrogen-bond donors (Lipinski definition) is 1. The molecule has 162 valence electrons. The summed E-state index contributed by atoms with van der Waals surface area (Å²) in [5.74, 6) is 1.03. The van der Waals surface area contributed by atoms with Crippen LogP contribution in [0.25, 0.3) is 0 Å². The summed E-state index contributed by atoms with van der Waals surface area (Å²) in [6.07, 6.45) is 5.27. The van der Waals surface area contributed by atoms with Gasteiger partial charge in [0, 0.05) is 18.2 Å². The number of carbonyl (C=O) groups is 1. The van der Waals surface area contributed by atoms with Gasteiger partial charge in [-0.1, -0.05) is 64.1 Å². The van der Waals surface area contributed by atoms with Crippen molar-refractivity contribution < 1.29 is 4.79 Å². The van der Waals surface area contributed by atoms with Gasteiger partial charge < -0.3 is 10.2 Å². The third kappa shape index (κ3) is 6.15. The van der Waals surface area contributed by atoms with Crippen LogP contribution >= 0.6 is 0 Å². The number of hydrogen-bond acceptors (Lipinski definition) is 3. The highest BCUT2D eigenvalue weighted by molar-refractivity contribution is 5.81. The Morgan fingerprint density at radius 3 is 2.57 bits per heavy atom. The topological polar surface area (TPSA) is 45.2 Å². The predicted octanol–water partition coefficient (Wildman–Crippen LogP) is 5.19. The molecule has 0 radical (unpaired) electrons. The van der Waals surface area contributed by atoms with Crippen molar-refractivity contribution in [1.29, 1.82) is 0 Å². The quantitative estimate of drug-likeness (QED) is 0.687. The second-order valence-corrected chi connectivity index (χ2v) is 9.76.